The molecule has 6 heteroatoms. The summed E-state index contributed by atoms with van der Waals surface area (Å²) in [6.07, 6.45) is 2.28. The van der Waals surface area contributed by atoms with Gasteiger partial charge in [-0.1, -0.05) is 5.16 Å². The van der Waals surface area contributed by atoms with Gasteiger partial charge in [-0.25, -0.2) is 4.79 Å². The van der Waals surface area contributed by atoms with E-state index in [1.165, 1.54) is 17.4 Å². The lowest BCUT2D eigenvalue weighted by Gasteiger charge is -1.86. The maximum Gasteiger partial charge on any atom is 0.374 e. The van der Waals surface area contributed by atoms with Crippen LogP contribution in [0.25, 0.3) is 0 Å². The molecule has 5 nitrogen and oxygen atoms in total. The number of nitrogens with zero attached hydrogens (tertiary/aromatic N) is 2. The third-order valence-electron chi connectivity index (χ3n) is 1.61. The first-order valence-electron chi connectivity index (χ1n) is 3.82. The quantitative estimate of drug-likeness (QED) is 0.829. The number of carboxylic acids is 1. The van der Waals surface area contributed by atoms with E-state index in [4.69, 9.17) is 5.11 Å². The number of carbonyl (C=O) groups is 1. The fourth-order valence-corrected chi connectivity index (χ4v) is 1.61. The maximum absolute atomic E-state index is 10.5. The molecule has 0 aliphatic heterocycles. The Bertz CT molecular complexity index is 435. The van der Waals surface area contributed by atoms with E-state index < -0.39 is 5.97 Å². The van der Waals surface area contributed by atoms with Gasteiger partial charge in [0.1, 0.15) is 0 Å². The van der Waals surface area contributed by atoms with E-state index in [9.17, 15) is 4.79 Å². The Kier molecular flexibility index (Phi) is 2.28. The number of aromatic nitrogens is 2. The molecule has 72 valence electrons. The Morgan fingerprint density at radius 2 is 2.50 bits per heavy atom. The molecule has 0 aromatic carbocycles. The molecule has 0 atom stereocenters. The standard InChI is InChI=1S/C8H6N2O3S/c11-8(12)7-2-5(10-13-7)1-6-3-9-4-14-6/h2-4H,1H2,(H,11,12). The van der Waals surface area contributed by atoms with Crippen LogP contribution in [0.2, 0.25) is 0 Å². The topological polar surface area (TPSA) is 76.2 Å². The van der Waals surface area contributed by atoms with Crippen molar-refractivity contribution in [3.8, 4) is 0 Å². The zero-order valence-corrected chi connectivity index (χ0v) is 7.82. The number of hydrogen-bond donors (Lipinski definition) is 1. The molecule has 0 amide bonds. The van der Waals surface area contributed by atoms with Gasteiger partial charge >= 0.3 is 5.97 Å². The first-order valence-corrected chi connectivity index (χ1v) is 4.70. The van der Waals surface area contributed by atoms with Crippen LogP contribution >= 0.6 is 11.3 Å². The van der Waals surface area contributed by atoms with Gasteiger partial charge in [-0.05, 0) is 0 Å². The highest BCUT2D eigenvalue weighted by Gasteiger charge is 2.11. The van der Waals surface area contributed by atoms with Crippen molar-refractivity contribution in [2.75, 3.05) is 0 Å². The summed E-state index contributed by atoms with van der Waals surface area (Å²) in [5, 5.41) is 12.2. The van der Waals surface area contributed by atoms with Crippen molar-refractivity contribution in [1.82, 2.24) is 10.1 Å². The first-order chi connectivity index (χ1) is 6.75. The molecular weight excluding hydrogens is 204 g/mol. The lowest BCUT2D eigenvalue weighted by molar-refractivity contribution is 0.0652. The minimum atomic E-state index is -1.10. The summed E-state index contributed by atoms with van der Waals surface area (Å²) in [7, 11) is 0. The van der Waals surface area contributed by atoms with E-state index in [1.807, 2.05) is 0 Å². The molecule has 0 fully saturated rings. The van der Waals surface area contributed by atoms with Crippen LogP contribution in [-0.4, -0.2) is 21.2 Å². The molecule has 2 heterocycles. The number of rotatable bonds is 3. The summed E-state index contributed by atoms with van der Waals surface area (Å²) >= 11 is 1.50. The smallest absolute Gasteiger partial charge is 0.374 e. The van der Waals surface area contributed by atoms with E-state index >= 15 is 0 Å². The molecular formula is C8H6N2O3S. The molecule has 2 aromatic rings. The molecule has 0 unspecified atom stereocenters. The summed E-state index contributed by atoms with van der Waals surface area (Å²) in [5.74, 6) is -1.24. The molecule has 0 radical (unpaired) electrons. The number of aromatic carboxylic acids is 1. The number of hydrogen-bond acceptors (Lipinski definition) is 5. The second-order valence-corrected chi connectivity index (χ2v) is 3.60. The van der Waals surface area contributed by atoms with Crippen molar-refractivity contribution >= 4 is 17.3 Å². The van der Waals surface area contributed by atoms with Crippen LogP contribution in [0, 0.1) is 0 Å². The van der Waals surface area contributed by atoms with Crippen LogP contribution in [0.3, 0.4) is 0 Å². The summed E-state index contributed by atoms with van der Waals surface area (Å²) in [5.41, 5.74) is 2.32. The number of carboxylic acid groups (broad SMARTS) is 1. The third-order valence-corrected chi connectivity index (χ3v) is 2.39. The largest absolute Gasteiger partial charge is 0.475 e. The molecule has 2 rings (SSSR count). The molecule has 0 saturated carbocycles. The highest BCUT2D eigenvalue weighted by atomic mass is 32.1. The Morgan fingerprint density at radius 3 is 3.07 bits per heavy atom. The molecule has 0 aliphatic carbocycles. The van der Waals surface area contributed by atoms with E-state index in [-0.39, 0.29) is 5.76 Å². The zero-order valence-electron chi connectivity index (χ0n) is 7.01. The summed E-state index contributed by atoms with van der Waals surface area (Å²) in [6, 6.07) is 1.42. The summed E-state index contributed by atoms with van der Waals surface area (Å²) < 4.78 is 4.61. The highest BCUT2D eigenvalue weighted by Crippen LogP contribution is 2.13. The molecule has 0 aliphatic rings. The highest BCUT2D eigenvalue weighted by molar-refractivity contribution is 7.09. The van der Waals surface area contributed by atoms with Crippen LogP contribution in [0.15, 0.2) is 22.3 Å². The van der Waals surface area contributed by atoms with Gasteiger partial charge in [-0.3, -0.25) is 4.98 Å². The normalized spacial score (nSPS) is 10.3. The van der Waals surface area contributed by atoms with E-state index in [1.54, 1.807) is 11.7 Å². The van der Waals surface area contributed by atoms with E-state index in [0.29, 0.717) is 12.1 Å². The minimum absolute atomic E-state index is 0.135. The van der Waals surface area contributed by atoms with Crippen molar-refractivity contribution in [3.63, 3.8) is 0 Å². The van der Waals surface area contributed by atoms with Crippen LogP contribution in [-0.2, 0) is 6.42 Å². The van der Waals surface area contributed by atoms with Gasteiger partial charge in [0.15, 0.2) is 0 Å². The van der Waals surface area contributed by atoms with Gasteiger partial charge < -0.3 is 9.63 Å². The average molecular weight is 210 g/mol. The van der Waals surface area contributed by atoms with E-state index in [2.05, 4.69) is 14.7 Å². The van der Waals surface area contributed by atoms with Gasteiger partial charge in [0.05, 0.1) is 11.2 Å². The summed E-state index contributed by atoms with van der Waals surface area (Å²) in [6.45, 7) is 0. The van der Waals surface area contributed by atoms with E-state index in [0.717, 1.165) is 4.88 Å². The van der Waals surface area contributed by atoms with Gasteiger partial charge in [0.2, 0.25) is 5.76 Å². The van der Waals surface area contributed by atoms with Gasteiger partial charge in [-0.2, -0.15) is 0 Å². The van der Waals surface area contributed by atoms with Gasteiger partial charge in [-0.15, -0.1) is 11.3 Å². The number of thiazole rings is 1. The molecule has 0 bridgehead atoms. The van der Waals surface area contributed by atoms with Gasteiger partial charge in [0, 0.05) is 23.6 Å². The van der Waals surface area contributed by atoms with Crippen LogP contribution in [0.4, 0.5) is 0 Å². The van der Waals surface area contributed by atoms with Crippen molar-refractivity contribution in [3.05, 3.63) is 34.1 Å². The fourth-order valence-electron chi connectivity index (χ4n) is 1.00. The Hall–Kier alpha value is -1.69. The first kappa shape index (κ1) is 8.89. The molecule has 0 saturated heterocycles. The maximum atomic E-state index is 10.5. The molecule has 2 aromatic heterocycles. The molecule has 1 N–H and O–H groups in total. The molecule has 14 heavy (non-hydrogen) atoms. The lowest BCUT2D eigenvalue weighted by Crippen LogP contribution is -1.92. The van der Waals surface area contributed by atoms with Crippen molar-refractivity contribution in [2.45, 2.75) is 6.42 Å². The predicted octanol–water partition coefficient (Wildman–Crippen LogP) is 1.42. The third kappa shape index (κ3) is 1.80. The lowest BCUT2D eigenvalue weighted by atomic mass is 10.2. The second-order valence-electron chi connectivity index (χ2n) is 2.63. The SMILES string of the molecule is O=C(O)c1cc(Cc2cncs2)no1. The van der Waals surface area contributed by atoms with Crippen LogP contribution < -0.4 is 0 Å². The Labute approximate surface area is 83.0 Å². The van der Waals surface area contributed by atoms with Crippen molar-refractivity contribution in [1.29, 1.82) is 0 Å². The van der Waals surface area contributed by atoms with Crippen molar-refractivity contribution in [2.24, 2.45) is 0 Å². The Morgan fingerprint density at radius 1 is 1.64 bits per heavy atom. The zero-order chi connectivity index (χ0) is 9.97. The average Bonchev–Trinajstić information content (AvgIpc) is 2.75. The predicted molar refractivity (Wildman–Crippen MR) is 48.4 cm³/mol. The van der Waals surface area contributed by atoms with Gasteiger partial charge in [0.25, 0.3) is 0 Å². The fraction of sp³-hybridized carbons (Fsp3) is 0.125. The summed E-state index contributed by atoms with van der Waals surface area (Å²) in [4.78, 5) is 15.4. The van der Waals surface area contributed by atoms with Crippen LogP contribution in [0.1, 0.15) is 21.1 Å². The molecule has 0 spiro atoms. The second kappa shape index (κ2) is 3.59. The van der Waals surface area contributed by atoms with Crippen molar-refractivity contribution < 1.29 is 14.4 Å². The van der Waals surface area contributed by atoms with Crippen LogP contribution in [0.5, 0.6) is 0 Å². The minimum Gasteiger partial charge on any atom is -0.475 e. The monoisotopic (exact) mass is 210 g/mol. The Balaban J connectivity index is 2.14.